The lowest BCUT2D eigenvalue weighted by Crippen LogP contribution is -2.34. The van der Waals surface area contributed by atoms with Crippen molar-refractivity contribution in [3.8, 4) is 12.1 Å². The van der Waals surface area contributed by atoms with E-state index in [0.717, 1.165) is 0 Å². The van der Waals surface area contributed by atoms with Gasteiger partial charge in [0.15, 0.2) is 0 Å². The number of carbonyl (C=O) groups excluding carboxylic acids is 2. The SMILES string of the molecule is CC(C)(C)OC(=O)NCCCC(=O)N(CC#N)CC#N. The van der Waals surface area contributed by atoms with Crippen LogP contribution >= 0.6 is 0 Å². The molecule has 0 fully saturated rings. The number of hydrogen-bond donors (Lipinski definition) is 1. The van der Waals surface area contributed by atoms with Crippen molar-refractivity contribution in [1.29, 1.82) is 10.5 Å². The summed E-state index contributed by atoms with van der Waals surface area (Å²) in [5, 5.41) is 19.6. The van der Waals surface area contributed by atoms with E-state index in [1.807, 2.05) is 12.1 Å². The summed E-state index contributed by atoms with van der Waals surface area (Å²) < 4.78 is 5.04. The number of hydrogen-bond acceptors (Lipinski definition) is 5. The third kappa shape index (κ3) is 8.76. The van der Waals surface area contributed by atoms with E-state index >= 15 is 0 Å². The van der Waals surface area contributed by atoms with Crippen LogP contribution in [-0.2, 0) is 9.53 Å². The van der Waals surface area contributed by atoms with E-state index in [1.165, 1.54) is 4.90 Å². The molecule has 0 aliphatic rings. The number of nitrogens with zero attached hydrogens (tertiary/aromatic N) is 3. The predicted octanol–water partition coefficient (Wildman–Crippen LogP) is 1.17. The Morgan fingerprint density at radius 2 is 1.75 bits per heavy atom. The molecule has 0 aromatic rings. The van der Waals surface area contributed by atoms with Crippen LogP contribution in [0.2, 0.25) is 0 Å². The minimum atomic E-state index is -0.559. The summed E-state index contributed by atoms with van der Waals surface area (Å²) in [7, 11) is 0. The Kier molecular flexibility index (Phi) is 7.76. The molecule has 110 valence electrons. The Labute approximate surface area is 119 Å². The molecule has 0 saturated carbocycles. The molecule has 0 saturated heterocycles. The van der Waals surface area contributed by atoms with Crippen molar-refractivity contribution in [2.45, 2.75) is 39.2 Å². The van der Waals surface area contributed by atoms with Crippen LogP contribution in [-0.4, -0.2) is 42.1 Å². The smallest absolute Gasteiger partial charge is 0.407 e. The summed E-state index contributed by atoms with van der Waals surface area (Å²) >= 11 is 0. The molecule has 0 aromatic heterocycles. The van der Waals surface area contributed by atoms with Crippen molar-refractivity contribution < 1.29 is 14.3 Å². The first-order valence-corrected chi connectivity index (χ1v) is 6.28. The molecule has 0 aromatic carbocycles. The van der Waals surface area contributed by atoms with Gasteiger partial charge in [-0.1, -0.05) is 0 Å². The van der Waals surface area contributed by atoms with Crippen LogP contribution in [0.4, 0.5) is 4.79 Å². The van der Waals surface area contributed by atoms with E-state index in [1.54, 1.807) is 20.8 Å². The minimum absolute atomic E-state index is 0.105. The van der Waals surface area contributed by atoms with Crippen molar-refractivity contribution in [3.05, 3.63) is 0 Å². The predicted molar refractivity (Wildman–Crippen MR) is 71.3 cm³/mol. The molecule has 0 heterocycles. The quantitative estimate of drug-likeness (QED) is 0.580. The third-order valence-corrected chi connectivity index (χ3v) is 2.11. The fourth-order valence-corrected chi connectivity index (χ4v) is 1.31. The highest BCUT2D eigenvalue weighted by Crippen LogP contribution is 2.06. The van der Waals surface area contributed by atoms with Gasteiger partial charge in [0.05, 0.1) is 12.1 Å². The number of carbonyl (C=O) groups is 2. The summed E-state index contributed by atoms with van der Waals surface area (Å²) in [5.74, 6) is -0.279. The van der Waals surface area contributed by atoms with Gasteiger partial charge in [0.2, 0.25) is 5.91 Å². The average molecular weight is 280 g/mol. The number of rotatable bonds is 6. The zero-order valence-electron chi connectivity index (χ0n) is 12.1. The molecule has 7 heteroatoms. The first kappa shape index (κ1) is 17.7. The molecular weight excluding hydrogens is 260 g/mol. The fourth-order valence-electron chi connectivity index (χ4n) is 1.31. The van der Waals surface area contributed by atoms with Crippen molar-refractivity contribution in [2.24, 2.45) is 0 Å². The van der Waals surface area contributed by atoms with Gasteiger partial charge < -0.3 is 15.0 Å². The zero-order chi connectivity index (χ0) is 15.6. The molecule has 7 nitrogen and oxygen atoms in total. The van der Waals surface area contributed by atoms with Crippen molar-refractivity contribution in [2.75, 3.05) is 19.6 Å². The number of alkyl carbamates (subject to hydrolysis) is 1. The van der Waals surface area contributed by atoms with Crippen LogP contribution in [0.15, 0.2) is 0 Å². The van der Waals surface area contributed by atoms with Crippen LogP contribution < -0.4 is 5.32 Å². The summed E-state index contributed by atoms with van der Waals surface area (Å²) in [4.78, 5) is 24.2. The highest BCUT2D eigenvalue weighted by atomic mass is 16.6. The van der Waals surface area contributed by atoms with Crippen LogP contribution in [0.5, 0.6) is 0 Å². The second-order valence-corrected chi connectivity index (χ2v) is 5.10. The average Bonchev–Trinajstić information content (AvgIpc) is 2.32. The lowest BCUT2D eigenvalue weighted by molar-refractivity contribution is -0.130. The first-order valence-electron chi connectivity index (χ1n) is 6.28. The molecule has 0 rings (SSSR count). The monoisotopic (exact) mass is 280 g/mol. The van der Waals surface area contributed by atoms with Gasteiger partial charge >= 0.3 is 6.09 Å². The van der Waals surface area contributed by atoms with E-state index in [-0.39, 0.29) is 25.4 Å². The van der Waals surface area contributed by atoms with E-state index in [9.17, 15) is 9.59 Å². The van der Waals surface area contributed by atoms with E-state index in [0.29, 0.717) is 13.0 Å². The van der Waals surface area contributed by atoms with E-state index < -0.39 is 11.7 Å². The Hall–Kier alpha value is -2.28. The third-order valence-electron chi connectivity index (χ3n) is 2.11. The van der Waals surface area contributed by atoms with Crippen molar-refractivity contribution >= 4 is 12.0 Å². The number of nitrogens with one attached hydrogen (secondary N) is 1. The summed E-state index contributed by atoms with van der Waals surface area (Å²) in [6.07, 6.45) is 0.0563. The second kappa shape index (κ2) is 8.76. The maximum atomic E-state index is 11.7. The highest BCUT2D eigenvalue weighted by Gasteiger charge is 2.16. The second-order valence-electron chi connectivity index (χ2n) is 5.10. The van der Waals surface area contributed by atoms with Gasteiger partial charge in [0.1, 0.15) is 18.7 Å². The molecule has 0 bridgehead atoms. The zero-order valence-corrected chi connectivity index (χ0v) is 12.1. The normalized spacial score (nSPS) is 10.1. The van der Waals surface area contributed by atoms with Gasteiger partial charge in [-0.25, -0.2) is 4.79 Å². The topological polar surface area (TPSA) is 106 Å². The molecule has 0 aliphatic carbocycles. The molecule has 0 atom stereocenters. The van der Waals surface area contributed by atoms with Gasteiger partial charge in [-0.15, -0.1) is 0 Å². The Morgan fingerprint density at radius 1 is 1.20 bits per heavy atom. The van der Waals surface area contributed by atoms with E-state index in [4.69, 9.17) is 15.3 Å². The van der Waals surface area contributed by atoms with Crippen molar-refractivity contribution in [3.63, 3.8) is 0 Å². The maximum absolute atomic E-state index is 11.7. The maximum Gasteiger partial charge on any atom is 0.407 e. The lowest BCUT2D eigenvalue weighted by Gasteiger charge is -2.20. The van der Waals surface area contributed by atoms with Gasteiger partial charge in [-0.05, 0) is 27.2 Å². The van der Waals surface area contributed by atoms with Crippen LogP contribution in [0, 0.1) is 22.7 Å². The molecule has 0 spiro atoms. The van der Waals surface area contributed by atoms with Gasteiger partial charge in [-0.3, -0.25) is 4.79 Å². The Morgan fingerprint density at radius 3 is 2.20 bits per heavy atom. The number of nitriles is 2. The minimum Gasteiger partial charge on any atom is -0.444 e. The molecule has 1 N–H and O–H groups in total. The summed E-state index contributed by atoms with van der Waals surface area (Å²) in [5.41, 5.74) is -0.559. The van der Waals surface area contributed by atoms with Crippen LogP contribution in [0.1, 0.15) is 33.6 Å². The standard InChI is InChI=1S/C13H20N4O3/c1-13(2,3)20-12(19)16-8-4-5-11(18)17(9-6-14)10-7-15/h4-5,8-10H2,1-3H3,(H,16,19). The summed E-state index contributed by atoms with van der Waals surface area (Å²) in [6, 6.07) is 3.66. The number of amides is 2. The Bertz CT molecular complexity index is 399. The largest absolute Gasteiger partial charge is 0.444 e. The molecule has 2 amide bonds. The van der Waals surface area contributed by atoms with E-state index in [2.05, 4.69) is 5.32 Å². The first-order chi connectivity index (χ1) is 9.30. The highest BCUT2D eigenvalue weighted by molar-refractivity contribution is 5.76. The van der Waals surface area contributed by atoms with Crippen LogP contribution in [0.25, 0.3) is 0 Å². The molecule has 0 aliphatic heterocycles. The molecular formula is C13H20N4O3. The lowest BCUT2D eigenvalue weighted by atomic mass is 10.2. The Balaban J connectivity index is 3.95. The van der Waals surface area contributed by atoms with Crippen molar-refractivity contribution in [1.82, 2.24) is 10.2 Å². The molecule has 20 heavy (non-hydrogen) atoms. The van der Waals surface area contributed by atoms with Gasteiger partial charge in [0, 0.05) is 13.0 Å². The van der Waals surface area contributed by atoms with Crippen LogP contribution in [0.3, 0.4) is 0 Å². The van der Waals surface area contributed by atoms with Gasteiger partial charge in [-0.2, -0.15) is 10.5 Å². The fraction of sp³-hybridized carbons (Fsp3) is 0.692. The molecule has 0 unspecified atom stereocenters. The van der Waals surface area contributed by atoms with Gasteiger partial charge in [0.25, 0.3) is 0 Å². The number of ether oxygens (including phenoxy) is 1. The summed E-state index contributed by atoms with van der Waals surface area (Å²) in [6.45, 7) is 5.37. The molecule has 0 radical (unpaired) electrons.